The van der Waals surface area contributed by atoms with Crippen molar-refractivity contribution < 1.29 is 9.18 Å². The molecule has 1 heterocycles. The Morgan fingerprint density at radius 1 is 1.29 bits per heavy atom. The molecule has 0 saturated heterocycles. The summed E-state index contributed by atoms with van der Waals surface area (Å²) in [6.07, 6.45) is 1.53. The second kappa shape index (κ2) is 6.74. The minimum Gasteiger partial charge on any atom is -0.370 e. The van der Waals surface area contributed by atoms with Crippen molar-refractivity contribution in [2.75, 3.05) is 17.2 Å². The summed E-state index contributed by atoms with van der Waals surface area (Å²) >= 11 is 11.4. The molecule has 0 saturated carbocycles. The van der Waals surface area contributed by atoms with E-state index >= 15 is 0 Å². The molecular formula is C14H12Cl2FN3O. The zero-order valence-corrected chi connectivity index (χ0v) is 12.6. The van der Waals surface area contributed by atoms with Gasteiger partial charge in [0, 0.05) is 24.0 Å². The molecule has 0 aliphatic carbocycles. The summed E-state index contributed by atoms with van der Waals surface area (Å²) in [6.45, 7) is 2.62. The van der Waals surface area contributed by atoms with Crippen molar-refractivity contribution in [1.82, 2.24) is 4.98 Å². The van der Waals surface area contributed by atoms with Crippen molar-refractivity contribution in [3.05, 3.63) is 51.9 Å². The van der Waals surface area contributed by atoms with E-state index in [2.05, 4.69) is 15.6 Å². The van der Waals surface area contributed by atoms with Crippen LogP contribution < -0.4 is 10.6 Å². The molecule has 21 heavy (non-hydrogen) atoms. The maximum Gasteiger partial charge on any atom is 0.255 e. The standard InChI is InChI=1S/C14H12Cl2FN3O/c1-2-18-12-5-8(3-4-19-12)14(21)20-9-6-10(15)13(17)11(16)7-9/h3-7H,2H2,1H3,(H,18,19)(H,20,21). The van der Waals surface area contributed by atoms with Crippen LogP contribution in [0.25, 0.3) is 0 Å². The van der Waals surface area contributed by atoms with Crippen molar-refractivity contribution in [2.24, 2.45) is 0 Å². The molecular weight excluding hydrogens is 316 g/mol. The Morgan fingerprint density at radius 2 is 1.95 bits per heavy atom. The molecule has 0 fully saturated rings. The molecule has 0 aliphatic rings. The first-order valence-electron chi connectivity index (χ1n) is 6.17. The first kappa shape index (κ1) is 15.5. The lowest BCUT2D eigenvalue weighted by Gasteiger charge is -2.08. The molecule has 110 valence electrons. The fourth-order valence-electron chi connectivity index (χ4n) is 1.68. The van der Waals surface area contributed by atoms with Gasteiger partial charge in [0.25, 0.3) is 5.91 Å². The average Bonchev–Trinajstić information content (AvgIpc) is 2.45. The number of nitrogens with zero attached hydrogens (tertiary/aromatic N) is 1. The zero-order valence-electron chi connectivity index (χ0n) is 11.1. The predicted molar refractivity (Wildman–Crippen MR) is 82.8 cm³/mol. The van der Waals surface area contributed by atoms with Crippen LogP contribution in [-0.2, 0) is 0 Å². The number of hydrogen-bond donors (Lipinski definition) is 2. The normalized spacial score (nSPS) is 10.3. The van der Waals surface area contributed by atoms with Crippen LogP contribution >= 0.6 is 23.2 Å². The Kier molecular flexibility index (Phi) is 4.98. The highest BCUT2D eigenvalue weighted by Crippen LogP contribution is 2.27. The van der Waals surface area contributed by atoms with Gasteiger partial charge in [-0.1, -0.05) is 23.2 Å². The third kappa shape index (κ3) is 3.83. The fourth-order valence-corrected chi connectivity index (χ4v) is 2.17. The van der Waals surface area contributed by atoms with Crippen LogP contribution in [0.15, 0.2) is 30.5 Å². The van der Waals surface area contributed by atoms with Gasteiger partial charge in [-0.2, -0.15) is 0 Å². The van der Waals surface area contributed by atoms with Gasteiger partial charge < -0.3 is 10.6 Å². The molecule has 7 heteroatoms. The summed E-state index contributed by atoms with van der Waals surface area (Å²) in [4.78, 5) is 16.2. The molecule has 0 unspecified atom stereocenters. The number of amides is 1. The van der Waals surface area contributed by atoms with E-state index in [0.717, 1.165) is 0 Å². The van der Waals surface area contributed by atoms with E-state index in [1.54, 1.807) is 12.1 Å². The van der Waals surface area contributed by atoms with Gasteiger partial charge in [-0.25, -0.2) is 9.37 Å². The largest absolute Gasteiger partial charge is 0.370 e. The highest BCUT2D eigenvalue weighted by molar-refractivity contribution is 6.35. The minimum absolute atomic E-state index is 0.152. The fraction of sp³-hybridized carbons (Fsp3) is 0.143. The van der Waals surface area contributed by atoms with Gasteiger partial charge in [0.1, 0.15) is 5.82 Å². The summed E-state index contributed by atoms with van der Waals surface area (Å²) in [6, 6.07) is 5.79. The Hall–Kier alpha value is -1.85. The van der Waals surface area contributed by atoms with Gasteiger partial charge >= 0.3 is 0 Å². The lowest BCUT2D eigenvalue weighted by molar-refractivity contribution is 0.102. The molecule has 0 aliphatic heterocycles. The quantitative estimate of drug-likeness (QED) is 0.827. The Bertz CT molecular complexity index is 656. The lowest BCUT2D eigenvalue weighted by atomic mass is 10.2. The highest BCUT2D eigenvalue weighted by atomic mass is 35.5. The van der Waals surface area contributed by atoms with Crippen LogP contribution in [0.5, 0.6) is 0 Å². The van der Waals surface area contributed by atoms with E-state index in [4.69, 9.17) is 23.2 Å². The molecule has 1 amide bonds. The van der Waals surface area contributed by atoms with Crippen molar-refractivity contribution in [3.63, 3.8) is 0 Å². The van der Waals surface area contributed by atoms with Crippen LogP contribution in [0.2, 0.25) is 10.0 Å². The highest BCUT2D eigenvalue weighted by Gasteiger charge is 2.11. The van der Waals surface area contributed by atoms with Gasteiger partial charge in [-0.15, -0.1) is 0 Å². The number of aromatic nitrogens is 1. The summed E-state index contributed by atoms with van der Waals surface area (Å²) in [7, 11) is 0. The second-order valence-electron chi connectivity index (χ2n) is 4.17. The maximum absolute atomic E-state index is 13.3. The second-order valence-corrected chi connectivity index (χ2v) is 4.98. The summed E-state index contributed by atoms with van der Waals surface area (Å²) in [5, 5.41) is 5.31. The van der Waals surface area contributed by atoms with E-state index < -0.39 is 5.82 Å². The van der Waals surface area contributed by atoms with E-state index in [1.807, 2.05) is 6.92 Å². The van der Waals surface area contributed by atoms with Crippen molar-refractivity contribution >= 4 is 40.6 Å². The van der Waals surface area contributed by atoms with Gasteiger partial charge in [0.2, 0.25) is 0 Å². The molecule has 2 rings (SSSR count). The molecule has 1 aromatic heterocycles. The number of pyridine rings is 1. The number of benzene rings is 1. The molecule has 1 aromatic carbocycles. The van der Waals surface area contributed by atoms with Crippen molar-refractivity contribution in [2.45, 2.75) is 6.92 Å². The number of rotatable bonds is 4. The molecule has 0 spiro atoms. The number of nitrogens with one attached hydrogen (secondary N) is 2. The predicted octanol–water partition coefficient (Wildman–Crippen LogP) is 4.21. The van der Waals surface area contributed by atoms with E-state index in [0.29, 0.717) is 23.6 Å². The van der Waals surface area contributed by atoms with Crippen molar-refractivity contribution in [3.8, 4) is 0 Å². The van der Waals surface area contributed by atoms with Crippen LogP contribution in [0.3, 0.4) is 0 Å². The Labute approximate surface area is 131 Å². The van der Waals surface area contributed by atoms with Crippen molar-refractivity contribution in [1.29, 1.82) is 0 Å². The molecule has 0 atom stereocenters. The minimum atomic E-state index is -0.713. The average molecular weight is 328 g/mol. The smallest absolute Gasteiger partial charge is 0.255 e. The zero-order chi connectivity index (χ0) is 15.4. The molecule has 4 nitrogen and oxygen atoms in total. The monoisotopic (exact) mass is 327 g/mol. The number of carbonyl (C=O) groups is 1. The van der Waals surface area contributed by atoms with Gasteiger partial charge in [-0.05, 0) is 31.2 Å². The topological polar surface area (TPSA) is 54.0 Å². The molecule has 2 aromatic rings. The summed E-state index contributed by atoms with van der Waals surface area (Å²) < 4.78 is 13.3. The first-order valence-corrected chi connectivity index (χ1v) is 6.92. The number of anilines is 2. The first-order chi connectivity index (χ1) is 10.0. The SMILES string of the molecule is CCNc1cc(C(=O)Nc2cc(Cl)c(F)c(Cl)c2)ccn1. The number of hydrogen-bond acceptors (Lipinski definition) is 3. The molecule has 0 bridgehead atoms. The van der Waals surface area contributed by atoms with E-state index in [9.17, 15) is 9.18 Å². The molecule has 2 N–H and O–H groups in total. The summed E-state index contributed by atoms with van der Waals surface area (Å²) in [5.74, 6) is -0.481. The number of carbonyl (C=O) groups excluding carboxylic acids is 1. The number of halogens is 3. The van der Waals surface area contributed by atoms with Crippen LogP contribution in [0, 0.1) is 5.82 Å². The molecule has 0 radical (unpaired) electrons. The summed E-state index contributed by atoms with van der Waals surface area (Å²) in [5.41, 5.74) is 0.732. The van der Waals surface area contributed by atoms with Gasteiger partial charge in [0.05, 0.1) is 10.0 Å². The van der Waals surface area contributed by atoms with E-state index in [-0.39, 0.29) is 16.0 Å². The van der Waals surface area contributed by atoms with E-state index in [1.165, 1.54) is 18.3 Å². The third-order valence-electron chi connectivity index (χ3n) is 2.62. The Balaban J connectivity index is 2.20. The van der Waals surface area contributed by atoms with Gasteiger partial charge in [-0.3, -0.25) is 4.79 Å². The lowest BCUT2D eigenvalue weighted by Crippen LogP contribution is -2.13. The maximum atomic E-state index is 13.3. The van der Waals surface area contributed by atoms with Crippen LogP contribution in [0.4, 0.5) is 15.9 Å². The van der Waals surface area contributed by atoms with Gasteiger partial charge in [0.15, 0.2) is 5.82 Å². The third-order valence-corrected chi connectivity index (χ3v) is 3.17. The van der Waals surface area contributed by atoms with Crippen LogP contribution in [-0.4, -0.2) is 17.4 Å². The Morgan fingerprint density at radius 3 is 2.57 bits per heavy atom. The van der Waals surface area contributed by atoms with Crippen LogP contribution in [0.1, 0.15) is 17.3 Å².